The van der Waals surface area contributed by atoms with Crippen LogP contribution < -0.4 is 10.6 Å². The molecule has 124 valence electrons. The number of aromatic nitrogens is 1. The quantitative estimate of drug-likeness (QED) is 0.752. The van der Waals surface area contributed by atoms with Crippen molar-refractivity contribution in [1.29, 1.82) is 0 Å². The van der Waals surface area contributed by atoms with Crippen LogP contribution in [-0.4, -0.2) is 35.3 Å². The van der Waals surface area contributed by atoms with E-state index in [1.165, 1.54) is 4.88 Å². The molecule has 0 saturated heterocycles. The number of thiazole rings is 1. The molecule has 1 saturated carbocycles. The molecule has 6 heteroatoms. The van der Waals surface area contributed by atoms with Crippen molar-refractivity contribution in [3.8, 4) is 0 Å². The van der Waals surface area contributed by atoms with Gasteiger partial charge in [-0.3, -0.25) is 0 Å². The van der Waals surface area contributed by atoms with Gasteiger partial charge in [0.05, 0.1) is 10.7 Å². The maximum Gasteiger partial charge on any atom is 0.315 e. The molecule has 2 atom stereocenters. The Labute approximate surface area is 136 Å². The van der Waals surface area contributed by atoms with Gasteiger partial charge in [-0.1, -0.05) is 19.8 Å². The predicted molar refractivity (Wildman–Crippen MR) is 89.3 cm³/mol. The second kappa shape index (κ2) is 8.48. The molecule has 5 nitrogen and oxygen atoms in total. The van der Waals surface area contributed by atoms with Gasteiger partial charge in [0.25, 0.3) is 0 Å². The smallest absolute Gasteiger partial charge is 0.315 e. The van der Waals surface area contributed by atoms with Crippen molar-refractivity contribution in [2.24, 2.45) is 5.92 Å². The van der Waals surface area contributed by atoms with Crippen LogP contribution in [0.1, 0.15) is 48.2 Å². The fraction of sp³-hybridized carbons (Fsp3) is 0.750. The predicted octanol–water partition coefficient (Wildman–Crippen LogP) is 2.41. The van der Waals surface area contributed by atoms with Gasteiger partial charge in [0.1, 0.15) is 0 Å². The molecule has 0 aromatic carbocycles. The van der Waals surface area contributed by atoms with Crippen molar-refractivity contribution in [2.45, 2.75) is 58.4 Å². The van der Waals surface area contributed by atoms with Gasteiger partial charge in [-0.2, -0.15) is 0 Å². The van der Waals surface area contributed by atoms with Crippen LogP contribution in [0.25, 0.3) is 0 Å². The molecule has 1 fully saturated rings. The molecule has 1 aliphatic carbocycles. The number of aryl methyl sites for hydroxylation is 2. The Balaban J connectivity index is 1.73. The molecule has 0 aliphatic heterocycles. The number of hydrogen-bond acceptors (Lipinski definition) is 4. The Bertz CT molecular complexity index is 490. The Morgan fingerprint density at radius 3 is 2.86 bits per heavy atom. The molecule has 1 aromatic rings. The molecular formula is C16H27N3O2S. The van der Waals surface area contributed by atoms with Crippen LogP contribution in [0, 0.1) is 12.8 Å². The van der Waals surface area contributed by atoms with Gasteiger partial charge < -0.3 is 15.7 Å². The van der Waals surface area contributed by atoms with Crippen molar-refractivity contribution in [1.82, 2.24) is 15.6 Å². The number of rotatable bonds is 6. The molecule has 0 radical (unpaired) electrons. The first-order valence-corrected chi connectivity index (χ1v) is 9.06. The molecule has 1 heterocycles. The first-order chi connectivity index (χ1) is 10.6. The van der Waals surface area contributed by atoms with E-state index in [1.54, 1.807) is 11.3 Å². The Kier molecular flexibility index (Phi) is 6.64. The van der Waals surface area contributed by atoms with Crippen LogP contribution in [0.3, 0.4) is 0 Å². The van der Waals surface area contributed by atoms with E-state index in [4.69, 9.17) is 0 Å². The van der Waals surface area contributed by atoms with E-state index in [0.717, 1.165) is 49.2 Å². The third kappa shape index (κ3) is 4.68. The number of aliphatic hydroxyl groups is 1. The summed E-state index contributed by atoms with van der Waals surface area (Å²) in [5.74, 6) is 0.202. The lowest BCUT2D eigenvalue weighted by Crippen LogP contribution is -2.48. The molecule has 2 amide bonds. The number of nitrogens with one attached hydrogen (secondary N) is 2. The molecule has 1 aliphatic rings. The molecule has 1 aromatic heterocycles. The van der Waals surface area contributed by atoms with Crippen LogP contribution in [0.4, 0.5) is 4.79 Å². The fourth-order valence-corrected chi connectivity index (χ4v) is 4.06. The fourth-order valence-electron chi connectivity index (χ4n) is 3.04. The van der Waals surface area contributed by atoms with Crippen LogP contribution in [0.15, 0.2) is 0 Å². The van der Waals surface area contributed by atoms with Crippen LogP contribution in [0.2, 0.25) is 0 Å². The molecule has 0 bridgehead atoms. The lowest BCUT2D eigenvalue weighted by Gasteiger charge is -2.30. The van der Waals surface area contributed by atoms with Crippen molar-refractivity contribution >= 4 is 17.4 Å². The Hall–Kier alpha value is -1.14. The third-order valence-electron chi connectivity index (χ3n) is 4.36. The summed E-state index contributed by atoms with van der Waals surface area (Å²) in [7, 11) is 0. The Morgan fingerprint density at radius 1 is 1.41 bits per heavy atom. The van der Waals surface area contributed by atoms with Gasteiger partial charge in [-0.15, -0.1) is 11.3 Å². The molecule has 0 unspecified atom stereocenters. The summed E-state index contributed by atoms with van der Waals surface area (Å²) >= 11 is 1.71. The second-order valence-corrected chi connectivity index (χ2v) is 7.24. The first kappa shape index (κ1) is 17.2. The number of carbonyl (C=O) groups is 1. The number of hydrogen-bond donors (Lipinski definition) is 3. The van der Waals surface area contributed by atoms with E-state index in [1.807, 2.05) is 0 Å². The maximum atomic E-state index is 12.0. The number of amides is 2. The Morgan fingerprint density at radius 2 is 2.18 bits per heavy atom. The van der Waals surface area contributed by atoms with E-state index in [9.17, 15) is 9.90 Å². The molecule has 2 rings (SSSR count). The summed E-state index contributed by atoms with van der Waals surface area (Å²) in [6.07, 6.45) is 5.96. The van der Waals surface area contributed by atoms with Crippen molar-refractivity contribution in [2.75, 3.05) is 13.2 Å². The zero-order valence-corrected chi connectivity index (χ0v) is 14.3. The highest BCUT2D eigenvalue weighted by atomic mass is 32.1. The molecule has 22 heavy (non-hydrogen) atoms. The highest BCUT2D eigenvalue weighted by Gasteiger charge is 2.25. The third-order valence-corrected chi connectivity index (χ3v) is 5.43. The monoisotopic (exact) mass is 325 g/mol. The molecule has 0 spiro atoms. The summed E-state index contributed by atoms with van der Waals surface area (Å²) in [6.45, 7) is 4.96. The minimum atomic E-state index is -0.130. The van der Waals surface area contributed by atoms with E-state index in [2.05, 4.69) is 29.5 Å². The van der Waals surface area contributed by atoms with Gasteiger partial charge in [0.15, 0.2) is 0 Å². The summed E-state index contributed by atoms with van der Waals surface area (Å²) in [6, 6.07) is -0.0260. The topological polar surface area (TPSA) is 74.2 Å². The number of nitrogens with zero attached hydrogens (tertiary/aromatic N) is 1. The lowest BCUT2D eigenvalue weighted by atomic mass is 9.85. The number of urea groups is 1. The van der Waals surface area contributed by atoms with Crippen molar-refractivity contribution < 1.29 is 9.90 Å². The van der Waals surface area contributed by atoms with Gasteiger partial charge in [-0.05, 0) is 26.2 Å². The summed E-state index contributed by atoms with van der Waals surface area (Å²) in [5, 5.41) is 16.4. The minimum absolute atomic E-state index is 0.104. The minimum Gasteiger partial charge on any atom is -0.396 e. The van der Waals surface area contributed by atoms with Gasteiger partial charge >= 0.3 is 6.03 Å². The number of carbonyl (C=O) groups excluding carboxylic acids is 1. The van der Waals surface area contributed by atoms with Gasteiger partial charge in [-0.25, -0.2) is 9.78 Å². The van der Waals surface area contributed by atoms with Crippen molar-refractivity contribution in [3.63, 3.8) is 0 Å². The highest BCUT2D eigenvalue weighted by Crippen LogP contribution is 2.23. The van der Waals surface area contributed by atoms with Crippen LogP contribution in [0.5, 0.6) is 0 Å². The van der Waals surface area contributed by atoms with E-state index in [-0.39, 0.29) is 24.6 Å². The largest absolute Gasteiger partial charge is 0.396 e. The zero-order valence-electron chi connectivity index (χ0n) is 13.5. The van der Waals surface area contributed by atoms with Gasteiger partial charge in [0, 0.05) is 36.4 Å². The van der Waals surface area contributed by atoms with Crippen molar-refractivity contribution in [3.05, 3.63) is 15.6 Å². The average molecular weight is 325 g/mol. The normalized spacial score (nSPS) is 21.6. The molecule has 3 N–H and O–H groups in total. The SMILES string of the molecule is CCc1nc(CCNC(=O)N[C@H]2CCCC[C@H]2CO)sc1C. The summed E-state index contributed by atoms with van der Waals surface area (Å²) in [5.41, 5.74) is 1.16. The van der Waals surface area contributed by atoms with Crippen LogP contribution in [-0.2, 0) is 12.8 Å². The lowest BCUT2D eigenvalue weighted by molar-refractivity contribution is 0.154. The standard InChI is InChI=1S/C16H27N3O2S/c1-3-13-11(2)22-15(18-13)8-9-17-16(21)19-14-7-5-4-6-12(14)10-20/h12,14,20H,3-10H2,1-2H3,(H2,17,19,21)/t12-,14-/m0/s1. The van der Waals surface area contributed by atoms with Crippen LogP contribution >= 0.6 is 11.3 Å². The van der Waals surface area contributed by atoms with E-state index >= 15 is 0 Å². The number of aliphatic hydroxyl groups excluding tert-OH is 1. The highest BCUT2D eigenvalue weighted by molar-refractivity contribution is 7.11. The van der Waals surface area contributed by atoms with E-state index in [0.29, 0.717) is 6.54 Å². The van der Waals surface area contributed by atoms with Gasteiger partial charge in [0.2, 0.25) is 0 Å². The first-order valence-electron chi connectivity index (χ1n) is 8.24. The zero-order chi connectivity index (χ0) is 15.9. The maximum absolute atomic E-state index is 12.0. The summed E-state index contributed by atoms with van der Waals surface area (Å²) < 4.78 is 0. The molecular weight excluding hydrogens is 298 g/mol. The second-order valence-electron chi connectivity index (χ2n) is 5.95. The van der Waals surface area contributed by atoms with E-state index < -0.39 is 0 Å². The summed E-state index contributed by atoms with van der Waals surface area (Å²) in [4.78, 5) is 17.8. The average Bonchev–Trinajstić information content (AvgIpc) is 2.88.